The van der Waals surface area contributed by atoms with Crippen LogP contribution in [-0.2, 0) is 13.2 Å². The first kappa shape index (κ1) is 14.1. The van der Waals surface area contributed by atoms with E-state index >= 15 is 0 Å². The van der Waals surface area contributed by atoms with Gasteiger partial charge in [-0.3, -0.25) is 0 Å². The van der Waals surface area contributed by atoms with Gasteiger partial charge in [0.1, 0.15) is 18.2 Å². The minimum atomic E-state index is -0.226. The average molecular weight is 285 g/mol. The molecule has 1 aliphatic rings. The summed E-state index contributed by atoms with van der Waals surface area (Å²) in [6.07, 6.45) is 2.54. The minimum Gasteiger partial charge on any atom is -0.489 e. The number of nitrogens with one attached hydrogen (secondary N) is 1. The quantitative estimate of drug-likeness (QED) is 0.867. The maximum Gasteiger partial charge on any atom is 0.124 e. The molecule has 0 spiro atoms. The van der Waals surface area contributed by atoms with Gasteiger partial charge < -0.3 is 10.1 Å². The van der Waals surface area contributed by atoms with Crippen LogP contribution >= 0.6 is 0 Å². The predicted octanol–water partition coefficient (Wildman–Crippen LogP) is 3.97. The summed E-state index contributed by atoms with van der Waals surface area (Å²) >= 11 is 0. The predicted molar refractivity (Wildman–Crippen MR) is 81.8 cm³/mol. The maximum atomic E-state index is 13.2. The molecule has 0 aliphatic heterocycles. The van der Waals surface area contributed by atoms with Crippen LogP contribution in [0, 0.1) is 12.7 Å². The summed E-state index contributed by atoms with van der Waals surface area (Å²) in [5, 5.41) is 3.51. The summed E-state index contributed by atoms with van der Waals surface area (Å²) in [6.45, 7) is 3.29. The van der Waals surface area contributed by atoms with Crippen LogP contribution in [0.25, 0.3) is 0 Å². The Morgan fingerprint density at radius 1 is 1.19 bits per heavy atom. The Labute approximate surface area is 125 Å². The molecule has 3 rings (SSSR count). The van der Waals surface area contributed by atoms with Crippen LogP contribution in [0.1, 0.15) is 29.5 Å². The van der Waals surface area contributed by atoms with Crippen molar-refractivity contribution in [2.75, 3.05) is 0 Å². The Kier molecular flexibility index (Phi) is 4.20. The number of ether oxygens (including phenoxy) is 1. The second-order valence-electron chi connectivity index (χ2n) is 5.68. The van der Waals surface area contributed by atoms with Gasteiger partial charge in [0, 0.05) is 18.2 Å². The van der Waals surface area contributed by atoms with Crippen molar-refractivity contribution in [2.24, 2.45) is 0 Å². The molecule has 0 heterocycles. The van der Waals surface area contributed by atoms with E-state index in [-0.39, 0.29) is 5.82 Å². The second-order valence-corrected chi connectivity index (χ2v) is 5.68. The molecule has 3 heteroatoms. The van der Waals surface area contributed by atoms with Gasteiger partial charge in [-0.1, -0.05) is 29.8 Å². The topological polar surface area (TPSA) is 21.3 Å². The van der Waals surface area contributed by atoms with Gasteiger partial charge in [0.05, 0.1) is 0 Å². The Hall–Kier alpha value is -1.87. The van der Waals surface area contributed by atoms with Crippen molar-refractivity contribution in [3.05, 3.63) is 65.0 Å². The third-order valence-corrected chi connectivity index (χ3v) is 3.66. The number of aryl methyl sites for hydroxylation is 1. The van der Waals surface area contributed by atoms with E-state index < -0.39 is 0 Å². The standard InChI is InChI=1S/C18H20FNO/c1-13-5-8-18(15(9-13)11-20-17-6-7-17)21-12-14-3-2-4-16(19)10-14/h2-5,8-10,17,20H,6-7,11-12H2,1H3. The zero-order valence-electron chi connectivity index (χ0n) is 12.2. The number of hydrogen-bond acceptors (Lipinski definition) is 2. The summed E-state index contributed by atoms with van der Waals surface area (Å²) in [5.41, 5.74) is 3.23. The molecule has 1 fully saturated rings. The van der Waals surface area contributed by atoms with E-state index in [0.717, 1.165) is 17.9 Å². The molecule has 2 aromatic carbocycles. The summed E-state index contributed by atoms with van der Waals surface area (Å²) in [4.78, 5) is 0. The zero-order chi connectivity index (χ0) is 14.7. The Morgan fingerprint density at radius 2 is 2.05 bits per heavy atom. The fraction of sp³-hybridized carbons (Fsp3) is 0.333. The molecule has 0 saturated heterocycles. The molecular formula is C18H20FNO. The molecule has 21 heavy (non-hydrogen) atoms. The van der Waals surface area contributed by atoms with Gasteiger partial charge in [-0.25, -0.2) is 4.39 Å². The van der Waals surface area contributed by atoms with Gasteiger partial charge in [-0.15, -0.1) is 0 Å². The lowest BCUT2D eigenvalue weighted by Crippen LogP contribution is -2.16. The molecule has 0 aromatic heterocycles. The highest BCUT2D eigenvalue weighted by Gasteiger charge is 2.20. The molecule has 0 amide bonds. The zero-order valence-corrected chi connectivity index (χ0v) is 12.2. The smallest absolute Gasteiger partial charge is 0.124 e. The van der Waals surface area contributed by atoms with Crippen LogP contribution in [0.4, 0.5) is 4.39 Å². The van der Waals surface area contributed by atoms with E-state index in [2.05, 4.69) is 18.3 Å². The van der Waals surface area contributed by atoms with E-state index in [1.54, 1.807) is 6.07 Å². The molecule has 1 aliphatic carbocycles. The summed E-state index contributed by atoms with van der Waals surface area (Å²) in [6, 6.07) is 13.4. The Morgan fingerprint density at radius 3 is 2.81 bits per heavy atom. The molecule has 0 atom stereocenters. The first-order valence-corrected chi connectivity index (χ1v) is 7.41. The van der Waals surface area contributed by atoms with Crippen LogP contribution in [0.3, 0.4) is 0 Å². The van der Waals surface area contributed by atoms with Crippen molar-refractivity contribution in [2.45, 2.75) is 39.0 Å². The molecule has 110 valence electrons. The second kappa shape index (κ2) is 6.27. The van der Waals surface area contributed by atoms with Crippen LogP contribution in [0.15, 0.2) is 42.5 Å². The lowest BCUT2D eigenvalue weighted by Gasteiger charge is -2.13. The van der Waals surface area contributed by atoms with E-state index in [4.69, 9.17) is 4.74 Å². The first-order chi connectivity index (χ1) is 10.2. The normalized spacial score (nSPS) is 14.2. The lowest BCUT2D eigenvalue weighted by molar-refractivity contribution is 0.301. The van der Waals surface area contributed by atoms with Crippen LogP contribution in [-0.4, -0.2) is 6.04 Å². The molecule has 1 N–H and O–H groups in total. The Bertz CT molecular complexity index is 622. The molecule has 0 unspecified atom stereocenters. The van der Waals surface area contributed by atoms with Crippen LogP contribution in [0.2, 0.25) is 0 Å². The third kappa shape index (κ3) is 4.05. The average Bonchev–Trinajstić information content (AvgIpc) is 3.28. The van der Waals surface area contributed by atoms with E-state index in [9.17, 15) is 4.39 Å². The first-order valence-electron chi connectivity index (χ1n) is 7.41. The van der Waals surface area contributed by atoms with E-state index in [0.29, 0.717) is 12.6 Å². The molecule has 0 bridgehead atoms. The molecule has 0 radical (unpaired) electrons. The van der Waals surface area contributed by atoms with E-state index in [1.807, 2.05) is 18.2 Å². The molecular weight excluding hydrogens is 265 g/mol. The minimum absolute atomic E-state index is 0.226. The highest BCUT2D eigenvalue weighted by atomic mass is 19.1. The summed E-state index contributed by atoms with van der Waals surface area (Å²) < 4.78 is 19.1. The fourth-order valence-electron chi connectivity index (χ4n) is 2.32. The van der Waals surface area contributed by atoms with Gasteiger partial charge in [0.25, 0.3) is 0 Å². The lowest BCUT2D eigenvalue weighted by atomic mass is 10.1. The van der Waals surface area contributed by atoms with Gasteiger partial charge in [0.2, 0.25) is 0 Å². The van der Waals surface area contributed by atoms with Gasteiger partial charge in [-0.05, 0) is 43.5 Å². The largest absolute Gasteiger partial charge is 0.489 e. The van der Waals surface area contributed by atoms with Gasteiger partial charge in [0.15, 0.2) is 0 Å². The van der Waals surface area contributed by atoms with Crippen molar-refractivity contribution >= 4 is 0 Å². The van der Waals surface area contributed by atoms with Crippen LogP contribution < -0.4 is 10.1 Å². The highest BCUT2D eigenvalue weighted by Crippen LogP contribution is 2.24. The van der Waals surface area contributed by atoms with Crippen molar-refractivity contribution in [1.29, 1.82) is 0 Å². The molecule has 2 aromatic rings. The summed E-state index contributed by atoms with van der Waals surface area (Å²) in [7, 11) is 0. The van der Waals surface area contributed by atoms with Crippen molar-refractivity contribution < 1.29 is 9.13 Å². The number of benzene rings is 2. The third-order valence-electron chi connectivity index (χ3n) is 3.66. The molecule has 1 saturated carbocycles. The summed E-state index contributed by atoms with van der Waals surface area (Å²) in [5.74, 6) is 0.647. The van der Waals surface area contributed by atoms with Gasteiger partial charge >= 0.3 is 0 Å². The van der Waals surface area contributed by atoms with Gasteiger partial charge in [-0.2, -0.15) is 0 Å². The number of rotatable bonds is 6. The highest BCUT2D eigenvalue weighted by molar-refractivity contribution is 5.37. The van der Waals surface area contributed by atoms with Crippen molar-refractivity contribution in [1.82, 2.24) is 5.32 Å². The van der Waals surface area contributed by atoms with Crippen molar-refractivity contribution in [3.63, 3.8) is 0 Å². The number of halogens is 1. The fourth-order valence-corrected chi connectivity index (χ4v) is 2.32. The number of hydrogen-bond donors (Lipinski definition) is 1. The monoisotopic (exact) mass is 285 g/mol. The molecule has 2 nitrogen and oxygen atoms in total. The van der Waals surface area contributed by atoms with Crippen LogP contribution in [0.5, 0.6) is 5.75 Å². The maximum absolute atomic E-state index is 13.2. The van der Waals surface area contributed by atoms with E-state index in [1.165, 1.54) is 36.1 Å². The SMILES string of the molecule is Cc1ccc(OCc2cccc(F)c2)c(CNC2CC2)c1. The van der Waals surface area contributed by atoms with Crippen molar-refractivity contribution in [3.8, 4) is 5.75 Å². The Balaban J connectivity index is 1.68.